The lowest BCUT2D eigenvalue weighted by Gasteiger charge is -2.13. The molecule has 1 saturated heterocycles. The van der Waals surface area contributed by atoms with E-state index in [1.165, 1.54) is 18.7 Å². The van der Waals surface area contributed by atoms with Gasteiger partial charge >= 0.3 is 0 Å². The minimum absolute atomic E-state index is 1.12. The number of hydrogen-bond acceptors (Lipinski definition) is 1. The molecule has 0 bridgehead atoms. The van der Waals surface area contributed by atoms with Crippen LogP contribution in [-0.4, -0.2) is 19.4 Å². The molecule has 0 atom stereocenters. The average Bonchev–Trinajstić information content (AvgIpc) is 2.25. The van der Waals surface area contributed by atoms with Gasteiger partial charge in [-0.15, -0.1) is 0 Å². The topological polar surface area (TPSA) is 24.4 Å². The molecule has 1 fully saturated rings. The highest BCUT2D eigenvalue weighted by Crippen LogP contribution is 2.00. The number of rotatable bonds is 0. The Hall–Kier alpha value is -0.530. The summed E-state index contributed by atoms with van der Waals surface area (Å²) in [6, 6.07) is 0. The van der Waals surface area contributed by atoms with Crippen LogP contribution in [0, 0.1) is 0 Å². The van der Waals surface area contributed by atoms with Gasteiger partial charge in [-0.3, -0.25) is 4.99 Å². The second-order valence-corrected chi connectivity index (χ2v) is 2.05. The Morgan fingerprint density at radius 1 is 1.08 bits per heavy atom. The molecular weight excluding hydrogens is 148 g/mol. The van der Waals surface area contributed by atoms with Crippen LogP contribution in [0.15, 0.2) is 4.99 Å². The highest BCUT2D eigenvalue weighted by atomic mass is 15.0. The maximum atomic E-state index is 4.05. The molecule has 2 heteroatoms. The van der Waals surface area contributed by atoms with Crippen LogP contribution in [0.3, 0.4) is 0 Å². The Morgan fingerprint density at radius 2 is 1.67 bits per heavy atom. The summed E-state index contributed by atoms with van der Waals surface area (Å²) in [6.07, 6.45) is 3.76. The van der Waals surface area contributed by atoms with Crippen LogP contribution in [-0.2, 0) is 0 Å². The van der Waals surface area contributed by atoms with Crippen molar-refractivity contribution in [1.29, 1.82) is 0 Å². The molecule has 1 aliphatic rings. The minimum Gasteiger partial charge on any atom is -0.374 e. The fourth-order valence-electron chi connectivity index (χ4n) is 0.929. The van der Waals surface area contributed by atoms with E-state index in [1.807, 2.05) is 34.7 Å². The molecular formula is C10H24N2. The van der Waals surface area contributed by atoms with Crippen LogP contribution in [0.1, 0.15) is 47.0 Å². The van der Waals surface area contributed by atoms with Crippen LogP contribution in [0.2, 0.25) is 0 Å². The van der Waals surface area contributed by atoms with Gasteiger partial charge in [-0.05, 0) is 12.8 Å². The predicted molar refractivity (Wildman–Crippen MR) is 57.9 cm³/mol. The van der Waals surface area contributed by atoms with Crippen molar-refractivity contribution in [3.63, 3.8) is 0 Å². The molecule has 2 nitrogen and oxygen atoms in total. The van der Waals surface area contributed by atoms with Crippen molar-refractivity contribution < 1.29 is 0 Å². The molecule has 74 valence electrons. The quantitative estimate of drug-likeness (QED) is 0.597. The SMILES string of the molecule is CC.CC.CN=C1CCCCN1. The fraction of sp³-hybridized carbons (Fsp3) is 0.900. The van der Waals surface area contributed by atoms with Gasteiger partial charge in [0.1, 0.15) is 0 Å². The largest absolute Gasteiger partial charge is 0.374 e. The number of piperidine rings is 1. The Kier molecular flexibility index (Phi) is 15.3. The van der Waals surface area contributed by atoms with Crippen molar-refractivity contribution >= 4 is 5.84 Å². The van der Waals surface area contributed by atoms with E-state index in [0.717, 1.165) is 13.0 Å². The molecule has 0 amide bonds. The summed E-state index contributed by atoms with van der Waals surface area (Å²) >= 11 is 0. The Bertz CT molecular complexity index is 90.0. The maximum absolute atomic E-state index is 4.05. The Balaban J connectivity index is 0. The number of nitrogens with zero attached hydrogens (tertiary/aromatic N) is 1. The van der Waals surface area contributed by atoms with Crippen LogP contribution in [0.25, 0.3) is 0 Å². The van der Waals surface area contributed by atoms with E-state index in [9.17, 15) is 0 Å². The standard InChI is InChI=1S/C6H12N2.2C2H6/c1-7-6-4-2-3-5-8-6;2*1-2/h2-5H2,1H3,(H,7,8);2*1-2H3. The zero-order valence-electron chi connectivity index (χ0n) is 9.28. The van der Waals surface area contributed by atoms with E-state index in [1.54, 1.807) is 0 Å². The lowest BCUT2D eigenvalue weighted by Crippen LogP contribution is -2.28. The van der Waals surface area contributed by atoms with Crippen LogP contribution in [0.4, 0.5) is 0 Å². The molecule has 12 heavy (non-hydrogen) atoms. The van der Waals surface area contributed by atoms with Gasteiger partial charge in [0.05, 0.1) is 5.84 Å². The first-order valence-corrected chi connectivity index (χ1v) is 5.13. The van der Waals surface area contributed by atoms with E-state index < -0.39 is 0 Å². The van der Waals surface area contributed by atoms with Crippen molar-refractivity contribution in [3.8, 4) is 0 Å². The molecule has 1 heterocycles. The van der Waals surface area contributed by atoms with Gasteiger partial charge in [-0.1, -0.05) is 27.7 Å². The van der Waals surface area contributed by atoms with Gasteiger partial charge in [0.25, 0.3) is 0 Å². The zero-order valence-corrected chi connectivity index (χ0v) is 9.28. The lowest BCUT2D eigenvalue weighted by atomic mass is 10.1. The third-order valence-electron chi connectivity index (χ3n) is 1.44. The first-order chi connectivity index (χ1) is 5.93. The van der Waals surface area contributed by atoms with Crippen molar-refractivity contribution in [2.75, 3.05) is 13.6 Å². The molecule has 0 unspecified atom stereocenters. The van der Waals surface area contributed by atoms with Gasteiger partial charge in [0, 0.05) is 20.0 Å². The molecule has 0 spiro atoms. The third-order valence-corrected chi connectivity index (χ3v) is 1.44. The molecule has 0 radical (unpaired) electrons. The van der Waals surface area contributed by atoms with Crippen LogP contribution in [0.5, 0.6) is 0 Å². The second kappa shape index (κ2) is 13.1. The maximum Gasteiger partial charge on any atom is 0.0959 e. The normalized spacial score (nSPS) is 17.9. The van der Waals surface area contributed by atoms with Crippen molar-refractivity contribution in [2.24, 2.45) is 4.99 Å². The summed E-state index contributed by atoms with van der Waals surface area (Å²) in [7, 11) is 1.84. The Morgan fingerprint density at radius 3 is 1.92 bits per heavy atom. The van der Waals surface area contributed by atoms with Gasteiger partial charge < -0.3 is 5.32 Å². The first-order valence-electron chi connectivity index (χ1n) is 5.13. The van der Waals surface area contributed by atoms with Crippen LogP contribution < -0.4 is 5.32 Å². The van der Waals surface area contributed by atoms with Crippen molar-refractivity contribution in [2.45, 2.75) is 47.0 Å². The van der Waals surface area contributed by atoms with Gasteiger partial charge in [-0.25, -0.2) is 0 Å². The molecule has 0 saturated carbocycles. The van der Waals surface area contributed by atoms with Crippen molar-refractivity contribution in [3.05, 3.63) is 0 Å². The van der Waals surface area contributed by atoms with E-state index in [0.29, 0.717) is 0 Å². The second-order valence-electron chi connectivity index (χ2n) is 2.05. The molecule has 1 N–H and O–H groups in total. The summed E-state index contributed by atoms with van der Waals surface area (Å²) in [5.41, 5.74) is 0. The summed E-state index contributed by atoms with van der Waals surface area (Å²) in [6.45, 7) is 9.12. The van der Waals surface area contributed by atoms with Gasteiger partial charge in [0.15, 0.2) is 0 Å². The monoisotopic (exact) mass is 172 g/mol. The van der Waals surface area contributed by atoms with E-state index in [4.69, 9.17) is 0 Å². The highest BCUT2D eigenvalue weighted by molar-refractivity contribution is 5.82. The first kappa shape index (κ1) is 14.0. The van der Waals surface area contributed by atoms with E-state index in [2.05, 4.69) is 10.3 Å². The highest BCUT2D eigenvalue weighted by Gasteiger charge is 2.02. The van der Waals surface area contributed by atoms with Gasteiger partial charge in [-0.2, -0.15) is 0 Å². The molecule has 0 aromatic carbocycles. The molecule has 0 aliphatic carbocycles. The van der Waals surface area contributed by atoms with E-state index >= 15 is 0 Å². The van der Waals surface area contributed by atoms with E-state index in [-0.39, 0.29) is 0 Å². The number of aliphatic imine (C=N–C) groups is 1. The Labute approximate surface area is 77.5 Å². The summed E-state index contributed by atoms with van der Waals surface area (Å²) < 4.78 is 0. The predicted octanol–water partition coefficient (Wildman–Crippen LogP) is 2.84. The van der Waals surface area contributed by atoms with Gasteiger partial charge in [0.2, 0.25) is 0 Å². The zero-order chi connectivity index (χ0) is 9.82. The van der Waals surface area contributed by atoms with Crippen LogP contribution >= 0.6 is 0 Å². The number of amidine groups is 1. The molecule has 0 aromatic rings. The molecule has 1 rings (SSSR count). The summed E-state index contributed by atoms with van der Waals surface area (Å²) in [5, 5.41) is 3.22. The minimum atomic E-state index is 1.12. The smallest absolute Gasteiger partial charge is 0.0959 e. The number of nitrogens with one attached hydrogen (secondary N) is 1. The average molecular weight is 172 g/mol. The summed E-state index contributed by atoms with van der Waals surface area (Å²) in [4.78, 5) is 4.05. The van der Waals surface area contributed by atoms with Crippen molar-refractivity contribution in [1.82, 2.24) is 5.32 Å². The fourth-order valence-corrected chi connectivity index (χ4v) is 0.929. The molecule has 1 aliphatic heterocycles. The molecule has 0 aromatic heterocycles. The summed E-state index contributed by atoms with van der Waals surface area (Å²) in [5.74, 6) is 1.18. The third kappa shape index (κ3) is 7.58. The number of hydrogen-bond donors (Lipinski definition) is 1. The lowest BCUT2D eigenvalue weighted by molar-refractivity contribution is 0.668.